The standard InChI is InChI=1S/C19H18FNO6S/c1-25-19(22)17-14(21-28(23,24)16-5-3-2-4-13(16)20)7-6-12-11-8-9-26-15(11)10-27-18(12)17/h2-7,11,15,21H,8-10H2,1H3/t11-,15+/m0/s1. The first kappa shape index (κ1) is 18.7. The van der Waals surface area contributed by atoms with Gasteiger partial charge in [-0.05, 0) is 24.6 Å². The van der Waals surface area contributed by atoms with Crippen LogP contribution in [0.5, 0.6) is 5.75 Å². The number of ether oxygens (including phenoxy) is 3. The van der Waals surface area contributed by atoms with Crippen molar-refractivity contribution in [2.24, 2.45) is 0 Å². The molecule has 0 saturated carbocycles. The molecule has 2 aliphatic rings. The molecule has 7 nitrogen and oxygen atoms in total. The first-order valence-corrected chi connectivity index (χ1v) is 10.2. The highest BCUT2D eigenvalue weighted by molar-refractivity contribution is 7.92. The third kappa shape index (κ3) is 3.10. The summed E-state index contributed by atoms with van der Waals surface area (Å²) in [6.07, 6.45) is 0.682. The van der Waals surface area contributed by atoms with Gasteiger partial charge in [0.15, 0.2) is 0 Å². The van der Waals surface area contributed by atoms with Gasteiger partial charge in [0.05, 0.1) is 18.9 Å². The number of methoxy groups -OCH3 is 1. The van der Waals surface area contributed by atoms with Crippen LogP contribution in [0.15, 0.2) is 41.3 Å². The average Bonchev–Trinajstić information content (AvgIpc) is 3.16. The lowest BCUT2D eigenvalue weighted by Gasteiger charge is -2.29. The molecule has 2 aromatic rings. The van der Waals surface area contributed by atoms with Crippen molar-refractivity contribution in [3.8, 4) is 5.75 Å². The van der Waals surface area contributed by atoms with E-state index in [0.29, 0.717) is 6.61 Å². The summed E-state index contributed by atoms with van der Waals surface area (Å²) in [5.41, 5.74) is 0.694. The van der Waals surface area contributed by atoms with Crippen LogP contribution in [0, 0.1) is 5.82 Å². The number of carbonyl (C=O) groups excluding carboxylic acids is 1. The predicted molar refractivity (Wildman–Crippen MR) is 97.6 cm³/mol. The van der Waals surface area contributed by atoms with Crippen molar-refractivity contribution in [2.75, 3.05) is 25.0 Å². The van der Waals surface area contributed by atoms with Crippen molar-refractivity contribution in [1.29, 1.82) is 0 Å². The van der Waals surface area contributed by atoms with Crippen LogP contribution in [0.25, 0.3) is 0 Å². The van der Waals surface area contributed by atoms with E-state index in [1.54, 1.807) is 6.07 Å². The molecule has 1 saturated heterocycles. The summed E-state index contributed by atoms with van der Waals surface area (Å²) in [4.78, 5) is 11.9. The summed E-state index contributed by atoms with van der Waals surface area (Å²) in [6.45, 7) is 0.846. The number of esters is 1. The van der Waals surface area contributed by atoms with E-state index in [1.807, 2.05) is 0 Å². The largest absolute Gasteiger partial charge is 0.490 e. The number of halogens is 1. The quantitative estimate of drug-likeness (QED) is 0.784. The van der Waals surface area contributed by atoms with Gasteiger partial charge in [0.1, 0.15) is 28.6 Å². The van der Waals surface area contributed by atoms with Crippen LogP contribution in [0.2, 0.25) is 0 Å². The minimum absolute atomic E-state index is 0.0359. The third-order valence-corrected chi connectivity index (χ3v) is 6.35. The lowest BCUT2D eigenvalue weighted by molar-refractivity contribution is 0.0469. The number of rotatable bonds is 4. The van der Waals surface area contributed by atoms with E-state index in [-0.39, 0.29) is 35.6 Å². The number of hydrogen-bond donors (Lipinski definition) is 1. The summed E-state index contributed by atoms with van der Waals surface area (Å²) in [6, 6.07) is 8.16. The van der Waals surface area contributed by atoms with Crippen molar-refractivity contribution in [3.63, 3.8) is 0 Å². The highest BCUT2D eigenvalue weighted by atomic mass is 32.2. The van der Waals surface area contributed by atoms with Crippen molar-refractivity contribution < 1.29 is 31.8 Å². The Hall–Kier alpha value is -2.65. The molecule has 0 aliphatic carbocycles. The number of anilines is 1. The highest BCUT2D eigenvalue weighted by Gasteiger charge is 2.39. The van der Waals surface area contributed by atoms with Crippen LogP contribution in [0.3, 0.4) is 0 Å². The molecular formula is C19H18FNO6S. The molecule has 2 atom stereocenters. The summed E-state index contributed by atoms with van der Waals surface area (Å²) in [5.74, 6) is -1.31. The Bertz CT molecular complexity index is 1040. The first-order chi connectivity index (χ1) is 13.4. The molecule has 1 fully saturated rings. The van der Waals surface area contributed by atoms with Gasteiger partial charge in [0.2, 0.25) is 0 Å². The van der Waals surface area contributed by atoms with E-state index in [0.717, 1.165) is 24.1 Å². The molecule has 1 N–H and O–H groups in total. The Morgan fingerprint density at radius 1 is 1.25 bits per heavy atom. The van der Waals surface area contributed by atoms with Gasteiger partial charge >= 0.3 is 5.97 Å². The monoisotopic (exact) mass is 407 g/mol. The number of carbonyl (C=O) groups is 1. The maximum Gasteiger partial charge on any atom is 0.343 e. The smallest absolute Gasteiger partial charge is 0.343 e. The Morgan fingerprint density at radius 3 is 2.79 bits per heavy atom. The Kier molecular flexibility index (Phi) is 4.72. The number of benzene rings is 2. The van der Waals surface area contributed by atoms with Crippen LogP contribution >= 0.6 is 0 Å². The van der Waals surface area contributed by atoms with Crippen molar-refractivity contribution in [2.45, 2.75) is 23.3 Å². The second kappa shape index (κ2) is 7.06. The summed E-state index contributed by atoms with van der Waals surface area (Å²) in [7, 11) is -3.07. The van der Waals surface area contributed by atoms with E-state index in [4.69, 9.17) is 14.2 Å². The minimum atomic E-state index is -4.27. The van der Waals surface area contributed by atoms with Crippen molar-refractivity contribution in [3.05, 3.63) is 53.3 Å². The number of fused-ring (bicyclic) bond motifs is 3. The lowest BCUT2D eigenvalue weighted by atomic mass is 9.88. The summed E-state index contributed by atoms with van der Waals surface area (Å²) >= 11 is 0. The summed E-state index contributed by atoms with van der Waals surface area (Å²) in [5, 5.41) is 0. The van der Waals surface area contributed by atoms with Gasteiger partial charge in [-0.2, -0.15) is 0 Å². The molecule has 0 amide bonds. The van der Waals surface area contributed by atoms with Gasteiger partial charge in [-0.3, -0.25) is 4.72 Å². The molecule has 0 spiro atoms. The van der Waals surface area contributed by atoms with E-state index >= 15 is 0 Å². The van der Waals surface area contributed by atoms with Crippen molar-refractivity contribution >= 4 is 21.7 Å². The zero-order valence-electron chi connectivity index (χ0n) is 15.0. The molecule has 0 radical (unpaired) electrons. The van der Waals surface area contributed by atoms with Crippen LogP contribution in [-0.4, -0.2) is 40.8 Å². The summed E-state index contributed by atoms with van der Waals surface area (Å²) < 4.78 is 57.8. The number of hydrogen-bond acceptors (Lipinski definition) is 6. The highest BCUT2D eigenvalue weighted by Crippen LogP contribution is 2.45. The maximum absolute atomic E-state index is 14.0. The molecule has 0 aromatic heterocycles. The van der Waals surface area contributed by atoms with Gasteiger partial charge in [-0.25, -0.2) is 17.6 Å². The van der Waals surface area contributed by atoms with Crippen LogP contribution in [-0.2, 0) is 19.5 Å². The van der Waals surface area contributed by atoms with Gasteiger partial charge in [-0.1, -0.05) is 18.2 Å². The van der Waals surface area contributed by atoms with E-state index in [1.165, 1.54) is 25.3 Å². The average molecular weight is 407 g/mol. The molecule has 2 aromatic carbocycles. The van der Waals surface area contributed by atoms with E-state index < -0.39 is 26.7 Å². The fourth-order valence-corrected chi connectivity index (χ4v) is 4.78. The Balaban J connectivity index is 1.80. The zero-order valence-corrected chi connectivity index (χ0v) is 15.8. The molecule has 0 bridgehead atoms. The number of sulfonamides is 1. The van der Waals surface area contributed by atoms with Gasteiger partial charge in [-0.15, -0.1) is 0 Å². The Morgan fingerprint density at radius 2 is 2.04 bits per heavy atom. The molecule has 148 valence electrons. The molecule has 4 rings (SSSR count). The molecule has 2 aliphatic heterocycles. The molecule has 2 heterocycles. The molecule has 9 heteroatoms. The van der Waals surface area contributed by atoms with Crippen molar-refractivity contribution in [1.82, 2.24) is 0 Å². The topological polar surface area (TPSA) is 90.9 Å². The number of nitrogens with one attached hydrogen (secondary N) is 1. The zero-order chi connectivity index (χ0) is 19.9. The second-order valence-electron chi connectivity index (χ2n) is 6.55. The second-order valence-corrected chi connectivity index (χ2v) is 8.20. The lowest BCUT2D eigenvalue weighted by Crippen LogP contribution is -2.30. The Labute approximate surface area is 161 Å². The van der Waals surface area contributed by atoms with Gasteiger partial charge in [0.25, 0.3) is 10.0 Å². The minimum Gasteiger partial charge on any atom is -0.490 e. The maximum atomic E-state index is 14.0. The molecular weight excluding hydrogens is 389 g/mol. The fraction of sp³-hybridized carbons (Fsp3) is 0.316. The van der Waals surface area contributed by atoms with Gasteiger partial charge < -0.3 is 14.2 Å². The van der Waals surface area contributed by atoms with Crippen LogP contribution < -0.4 is 9.46 Å². The van der Waals surface area contributed by atoms with E-state index in [2.05, 4.69) is 4.72 Å². The molecule has 28 heavy (non-hydrogen) atoms. The fourth-order valence-electron chi connectivity index (χ4n) is 3.63. The third-order valence-electron chi connectivity index (χ3n) is 4.95. The van der Waals surface area contributed by atoms with Gasteiger partial charge in [0, 0.05) is 18.1 Å². The molecule has 0 unspecified atom stereocenters. The van der Waals surface area contributed by atoms with Crippen LogP contribution in [0.4, 0.5) is 10.1 Å². The SMILES string of the molecule is COC(=O)c1c(NS(=O)(=O)c2ccccc2F)ccc2c1OC[C@H]1OCC[C@@H]21. The van der Waals surface area contributed by atoms with Crippen LogP contribution in [0.1, 0.15) is 28.3 Å². The van der Waals surface area contributed by atoms with E-state index in [9.17, 15) is 17.6 Å². The first-order valence-electron chi connectivity index (χ1n) is 8.69. The predicted octanol–water partition coefficient (Wildman–Crippen LogP) is 2.68. The normalized spacial score (nSPS) is 20.6.